The van der Waals surface area contributed by atoms with Crippen LogP contribution in [0, 0.1) is 0 Å². The number of amides is 1. The average molecular weight is 227 g/mol. The van der Waals surface area contributed by atoms with Crippen LogP contribution in [0.15, 0.2) is 0 Å². The van der Waals surface area contributed by atoms with E-state index in [4.69, 9.17) is 5.73 Å². The van der Waals surface area contributed by atoms with Crippen LogP contribution in [0.25, 0.3) is 0 Å². The number of unbranched alkanes of at least 4 members (excludes halogenated alkanes) is 2. The molecule has 0 aromatic heterocycles. The number of carbonyl (C=O) groups excluding carboxylic acids is 1. The lowest BCUT2D eigenvalue weighted by Gasteiger charge is -2.34. The Morgan fingerprint density at radius 3 is 2.44 bits per heavy atom. The number of carbonyl (C=O) groups is 1. The van der Waals surface area contributed by atoms with E-state index in [1.54, 1.807) is 0 Å². The second kappa shape index (κ2) is 7.63. The van der Waals surface area contributed by atoms with Crippen molar-refractivity contribution < 1.29 is 4.79 Å². The molecule has 0 unspecified atom stereocenters. The Morgan fingerprint density at radius 1 is 1.19 bits per heavy atom. The minimum Gasteiger partial charge on any atom is -0.340 e. The lowest BCUT2D eigenvalue weighted by Crippen LogP contribution is -2.49. The molecule has 0 bridgehead atoms. The maximum absolute atomic E-state index is 11.6. The third-order valence-electron chi connectivity index (χ3n) is 3.16. The molecule has 0 saturated carbocycles. The Hall–Kier alpha value is -0.610. The molecule has 0 aromatic carbocycles. The first kappa shape index (κ1) is 13.5. The molecule has 1 heterocycles. The normalized spacial score (nSPS) is 17.8. The summed E-state index contributed by atoms with van der Waals surface area (Å²) < 4.78 is 0. The van der Waals surface area contributed by atoms with Crippen LogP contribution in [0.5, 0.6) is 0 Å². The largest absolute Gasteiger partial charge is 0.340 e. The van der Waals surface area contributed by atoms with Gasteiger partial charge in [-0.15, -0.1) is 0 Å². The molecule has 0 atom stereocenters. The predicted molar refractivity (Wildman–Crippen MR) is 66.2 cm³/mol. The summed E-state index contributed by atoms with van der Waals surface area (Å²) in [6, 6.07) is 0. The smallest absolute Gasteiger partial charge is 0.223 e. The molecule has 4 heteroatoms. The number of nitrogens with two attached hydrogens (primary N) is 1. The van der Waals surface area contributed by atoms with E-state index in [2.05, 4.69) is 11.8 Å². The molecule has 0 aliphatic carbocycles. The highest BCUT2D eigenvalue weighted by Gasteiger charge is 2.19. The van der Waals surface area contributed by atoms with Gasteiger partial charge in [0, 0.05) is 39.1 Å². The summed E-state index contributed by atoms with van der Waals surface area (Å²) in [7, 11) is 0. The summed E-state index contributed by atoms with van der Waals surface area (Å²) in [5, 5.41) is 0. The van der Waals surface area contributed by atoms with Crippen molar-refractivity contribution in [3.63, 3.8) is 0 Å². The Morgan fingerprint density at radius 2 is 1.88 bits per heavy atom. The summed E-state index contributed by atoms with van der Waals surface area (Å²) in [5.74, 6) is 0.218. The van der Waals surface area contributed by atoms with Crippen molar-refractivity contribution in [1.82, 2.24) is 9.80 Å². The van der Waals surface area contributed by atoms with Crippen LogP contribution in [0.1, 0.15) is 32.6 Å². The molecular weight excluding hydrogens is 202 g/mol. The summed E-state index contributed by atoms with van der Waals surface area (Å²) in [6.45, 7) is 7.70. The molecule has 94 valence electrons. The topological polar surface area (TPSA) is 49.6 Å². The van der Waals surface area contributed by atoms with E-state index < -0.39 is 0 Å². The van der Waals surface area contributed by atoms with Crippen LogP contribution in [0.2, 0.25) is 0 Å². The zero-order chi connectivity index (χ0) is 11.8. The molecule has 0 spiro atoms. The van der Waals surface area contributed by atoms with E-state index in [0.717, 1.165) is 26.2 Å². The molecule has 1 aliphatic heterocycles. The van der Waals surface area contributed by atoms with Crippen LogP contribution < -0.4 is 5.73 Å². The molecule has 16 heavy (non-hydrogen) atoms. The number of nitrogens with zero attached hydrogens (tertiary/aromatic N) is 2. The van der Waals surface area contributed by atoms with Crippen LogP contribution >= 0.6 is 0 Å². The fourth-order valence-electron chi connectivity index (χ4n) is 2.09. The summed E-state index contributed by atoms with van der Waals surface area (Å²) >= 11 is 0. The SMILES string of the molecule is CCCCCN1CCN(C(=O)CCN)CC1. The fourth-order valence-corrected chi connectivity index (χ4v) is 2.09. The number of piperazine rings is 1. The minimum absolute atomic E-state index is 0.218. The van der Waals surface area contributed by atoms with Gasteiger partial charge in [-0.05, 0) is 13.0 Å². The molecule has 1 amide bonds. The summed E-state index contributed by atoms with van der Waals surface area (Å²) in [5.41, 5.74) is 5.39. The van der Waals surface area contributed by atoms with Gasteiger partial charge in [0.2, 0.25) is 5.91 Å². The highest BCUT2D eigenvalue weighted by Crippen LogP contribution is 2.05. The number of hydrogen-bond acceptors (Lipinski definition) is 3. The highest BCUT2D eigenvalue weighted by atomic mass is 16.2. The second-order valence-corrected chi connectivity index (χ2v) is 4.47. The molecule has 2 N–H and O–H groups in total. The first-order valence-electron chi connectivity index (χ1n) is 6.48. The van der Waals surface area contributed by atoms with Crippen molar-refractivity contribution in [2.75, 3.05) is 39.3 Å². The molecule has 1 aliphatic rings. The highest BCUT2D eigenvalue weighted by molar-refractivity contribution is 5.76. The van der Waals surface area contributed by atoms with Crippen LogP contribution in [0.4, 0.5) is 0 Å². The van der Waals surface area contributed by atoms with Gasteiger partial charge in [-0.2, -0.15) is 0 Å². The van der Waals surface area contributed by atoms with Gasteiger partial charge in [0.05, 0.1) is 0 Å². The minimum atomic E-state index is 0.218. The van der Waals surface area contributed by atoms with Crippen molar-refractivity contribution in [3.8, 4) is 0 Å². The van der Waals surface area contributed by atoms with Crippen molar-refractivity contribution in [1.29, 1.82) is 0 Å². The first-order valence-corrected chi connectivity index (χ1v) is 6.48. The monoisotopic (exact) mass is 227 g/mol. The van der Waals surface area contributed by atoms with Crippen LogP contribution in [-0.4, -0.2) is 55.0 Å². The van der Waals surface area contributed by atoms with Gasteiger partial charge in [0.1, 0.15) is 0 Å². The van der Waals surface area contributed by atoms with Crippen molar-refractivity contribution in [2.24, 2.45) is 5.73 Å². The maximum atomic E-state index is 11.6. The van der Waals surface area contributed by atoms with E-state index in [9.17, 15) is 4.79 Å². The number of hydrogen-bond donors (Lipinski definition) is 1. The molecular formula is C12H25N3O. The maximum Gasteiger partial charge on any atom is 0.223 e. The fraction of sp³-hybridized carbons (Fsp3) is 0.917. The predicted octanol–water partition coefficient (Wildman–Crippen LogP) is 0.670. The Balaban J connectivity index is 2.15. The van der Waals surface area contributed by atoms with Crippen LogP contribution in [-0.2, 0) is 4.79 Å². The number of rotatable bonds is 6. The average Bonchev–Trinajstić information content (AvgIpc) is 2.30. The first-order chi connectivity index (χ1) is 7.77. The van der Waals surface area contributed by atoms with E-state index in [1.165, 1.54) is 25.8 Å². The Bertz CT molecular complexity index is 200. The third-order valence-corrected chi connectivity index (χ3v) is 3.16. The van der Waals surface area contributed by atoms with E-state index in [-0.39, 0.29) is 5.91 Å². The van der Waals surface area contributed by atoms with Crippen LogP contribution in [0.3, 0.4) is 0 Å². The van der Waals surface area contributed by atoms with Gasteiger partial charge < -0.3 is 10.6 Å². The Labute approximate surface area is 98.8 Å². The molecule has 1 rings (SSSR count). The van der Waals surface area contributed by atoms with Gasteiger partial charge in [0.25, 0.3) is 0 Å². The lowest BCUT2D eigenvalue weighted by atomic mass is 10.2. The zero-order valence-electron chi connectivity index (χ0n) is 10.5. The van der Waals surface area contributed by atoms with Gasteiger partial charge >= 0.3 is 0 Å². The molecule has 0 aromatic rings. The second-order valence-electron chi connectivity index (χ2n) is 4.47. The molecule has 1 fully saturated rings. The van der Waals surface area contributed by atoms with E-state index in [1.807, 2.05) is 4.90 Å². The van der Waals surface area contributed by atoms with Gasteiger partial charge in [-0.25, -0.2) is 0 Å². The lowest BCUT2D eigenvalue weighted by molar-refractivity contribution is -0.132. The Kier molecular flexibility index (Phi) is 6.42. The molecule has 1 saturated heterocycles. The van der Waals surface area contributed by atoms with Crippen molar-refractivity contribution >= 4 is 5.91 Å². The summed E-state index contributed by atoms with van der Waals surface area (Å²) in [6.07, 6.45) is 4.37. The van der Waals surface area contributed by atoms with Gasteiger partial charge in [-0.1, -0.05) is 19.8 Å². The standard InChI is InChI=1S/C12H25N3O/c1-2-3-4-7-14-8-10-15(11-9-14)12(16)5-6-13/h2-11,13H2,1H3. The summed E-state index contributed by atoms with van der Waals surface area (Å²) in [4.78, 5) is 16.0. The van der Waals surface area contributed by atoms with Gasteiger partial charge in [-0.3, -0.25) is 9.69 Å². The van der Waals surface area contributed by atoms with Crippen molar-refractivity contribution in [3.05, 3.63) is 0 Å². The van der Waals surface area contributed by atoms with E-state index in [0.29, 0.717) is 13.0 Å². The van der Waals surface area contributed by atoms with E-state index >= 15 is 0 Å². The third kappa shape index (κ3) is 4.49. The zero-order valence-corrected chi connectivity index (χ0v) is 10.5. The van der Waals surface area contributed by atoms with Crippen molar-refractivity contribution in [2.45, 2.75) is 32.6 Å². The molecule has 4 nitrogen and oxygen atoms in total. The quantitative estimate of drug-likeness (QED) is 0.679. The van der Waals surface area contributed by atoms with Gasteiger partial charge in [0.15, 0.2) is 0 Å². The molecule has 0 radical (unpaired) electrons.